The number of rotatable bonds is 5. The van der Waals surface area contributed by atoms with Gasteiger partial charge in [0.25, 0.3) is 0 Å². The summed E-state index contributed by atoms with van der Waals surface area (Å²) in [5.74, 6) is 0.699. The molecule has 0 bridgehead atoms. The number of nitrogens with zero attached hydrogens (tertiary/aromatic N) is 6. The molecule has 0 saturated carbocycles. The van der Waals surface area contributed by atoms with Gasteiger partial charge in [-0.25, -0.2) is 4.98 Å². The lowest BCUT2D eigenvalue weighted by atomic mass is 10.1. The monoisotopic (exact) mass is 448 g/mol. The number of anilines is 1. The van der Waals surface area contributed by atoms with Gasteiger partial charge in [-0.05, 0) is 25.1 Å². The van der Waals surface area contributed by atoms with Crippen molar-refractivity contribution in [3.8, 4) is 11.4 Å². The van der Waals surface area contributed by atoms with E-state index in [-0.39, 0.29) is 29.0 Å². The van der Waals surface area contributed by atoms with E-state index in [9.17, 15) is 23.3 Å². The molecule has 0 N–H and O–H groups in total. The fourth-order valence-electron chi connectivity index (χ4n) is 3.61. The average Bonchev–Trinajstić information content (AvgIpc) is 3.28. The molecule has 1 atom stereocenters. The number of benzene rings is 1. The van der Waals surface area contributed by atoms with Gasteiger partial charge < -0.3 is 9.42 Å². The minimum Gasteiger partial charge on any atom is -0.348 e. The number of pyridine rings is 1. The third-order valence-electron chi connectivity index (χ3n) is 5.37. The molecule has 0 spiro atoms. The second kappa shape index (κ2) is 8.54. The molecule has 1 fully saturated rings. The second-order valence-corrected chi connectivity index (χ2v) is 7.34. The van der Waals surface area contributed by atoms with Crippen LogP contribution >= 0.6 is 0 Å². The van der Waals surface area contributed by atoms with E-state index in [1.54, 1.807) is 0 Å². The van der Waals surface area contributed by atoms with Crippen LogP contribution in [0.1, 0.15) is 24.4 Å². The van der Waals surface area contributed by atoms with Crippen molar-refractivity contribution >= 4 is 11.5 Å². The minimum atomic E-state index is -4.46. The van der Waals surface area contributed by atoms with E-state index in [4.69, 9.17) is 4.52 Å². The van der Waals surface area contributed by atoms with Crippen LogP contribution in [0.2, 0.25) is 0 Å². The molecule has 1 aliphatic rings. The van der Waals surface area contributed by atoms with Gasteiger partial charge in [0, 0.05) is 44.0 Å². The third kappa shape index (κ3) is 4.40. The molecule has 0 unspecified atom stereocenters. The molecule has 3 aromatic rings. The molecule has 4 rings (SSSR count). The van der Waals surface area contributed by atoms with E-state index >= 15 is 0 Å². The van der Waals surface area contributed by atoms with Gasteiger partial charge in [-0.15, -0.1) is 0 Å². The Hall–Kier alpha value is -3.54. The van der Waals surface area contributed by atoms with Crippen molar-refractivity contribution in [1.29, 1.82) is 0 Å². The van der Waals surface area contributed by atoms with Gasteiger partial charge in [-0.3, -0.25) is 15.0 Å². The Labute approximate surface area is 180 Å². The molecule has 0 radical (unpaired) electrons. The van der Waals surface area contributed by atoms with Crippen molar-refractivity contribution in [2.45, 2.75) is 19.1 Å². The molecule has 1 aromatic carbocycles. The quantitative estimate of drug-likeness (QED) is 0.427. The first-order valence-corrected chi connectivity index (χ1v) is 9.83. The van der Waals surface area contributed by atoms with Crippen LogP contribution in [0.3, 0.4) is 0 Å². The maximum atomic E-state index is 13.0. The highest BCUT2D eigenvalue weighted by atomic mass is 19.4. The van der Waals surface area contributed by atoms with Gasteiger partial charge in [-0.2, -0.15) is 18.2 Å². The molecule has 12 heteroatoms. The van der Waals surface area contributed by atoms with E-state index in [1.165, 1.54) is 30.5 Å². The van der Waals surface area contributed by atoms with Crippen LogP contribution in [-0.2, 0) is 6.18 Å². The fraction of sp³-hybridized carbons (Fsp3) is 0.350. The summed E-state index contributed by atoms with van der Waals surface area (Å²) in [5, 5.41) is 15.1. The smallest absolute Gasteiger partial charge is 0.348 e. The lowest BCUT2D eigenvalue weighted by Crippen LogP contribution is -2.47. The Morgan fingerprint density at radius 1 is 1.16 bits per heavy atom. The summed E-state index contributed by atoms with van der Waals surface area (Å²) in [6.45, 7) is 4.02. The third-order valence-corrected chi connectivity index (χ3v) is 5.37. The van der Waals surface area contributed by atoms with Crippen molar-refractivity contribution < 1.29 is 22.6 Å². The highest BCUT2D eigenvalue weighted by molar-refractivity contribution is 5.57. The summed E-state index contributed by atoms with van der Waals surface area (Å²) < 4.78 is 44.2. The molecule has 1 aliphatic heterocycles. The predicted octanol–water partition coefficient (Wildman–Crippen LogP) is 3.94. The molecular weight excluding hydrogens is 429 g/mol. The largest absolute Gasteiger partial charge is 0.416 e. The topological polar surface area (TPSA) is 101 Å². The van der Waals surface area contributed by atoms with E-state index in [2.05, 4.69) is 20.0 Å². The average molecular weight is 448 g/mol. The van der Waals surface area contributed by atoms with Crippen molar-refractivity contribution in [2.24, 2.45) is 0 Å². The van der Waals surface area contributed by atoms with E-state index in [0.29, 0.717) is 32.0 Å². The number of piperazine rings is 1. The van der Waals surface area contributed by atoms with Crippen LogP contribution in [0.5, 0.6) is 0 Å². The van der Waals surface area contributed by atoms with Crippen LogP contribution in [0.4, 0.5) is 24.7 Å². The fourth-order valence-corrected chi connectivity index (χ4v) is 3.61. The van der Waals surface area contributed by atoms with Gasteiger partial charge in [0.1, 0.15) is 0 Å². The van der Waals surface area contributed by atoms with Crippen LogP contribution in [-0.4, -0.2) is 51.1 Å². The number of nitro groups is 1. The predicted molar refractivity (Wildman–Crippen MR) is 108 cm³/mol. The molecule has 9 nitrogen and oxygen atoms in total. The summed E-state index contributed by atoms with van der Waals surface area (Å²) in [7, 11) is 0. The molecule has 0 amide bonds. The van der Waals surface area contributed by atoms with E-state index in [0.717, 1.165) is 12.1 Å². The maximum absolute atomic E-state index is 13.0. The van der Waals surface area contributed by atoms with Crippen molar-refractivity contribution in [3.63, 3.8) is 0 Å². The molecule has 3 heterocycles. The number of hydrogen-bond acceptors (Lipinski definition) is 8. The number of alkyl halides is 3. The number of aromatic nitrogens is 3. The normalized spacial score (nSPS) is 16.2. The van der Waals surface area contributed by atoms with E-state index in [1.807, 2.05) is 11.8 Å². The summed E-state index contributed by atoms with van der Waals surface area (Å²) >= 11 is 0. The molecule has 1 saturated heterocycles. The Morgan fingerprint density at radius 3 is 2.59 bits per heavy atom. The first-order chi connectivity index (χ1) is 15.2. The van der Waals surface area contributed by atoms with Gasteiger partial charge in [0.15, 0.2) is 0 Å². The SMILES string of the molecule is C[C@H](c1nc(-c2cccc(C(F)(F)F)c2)no1)N1CCN(c2ncccc2[N+](=O)[O-])CC1. The van der Waals surface area contributed by atoms with Crippen molar-refractivity contribution in [1.82, 2.24) is 20.0 Å². The van der Waals surface area contributed by atoms with Crippen LogP contribution < -0.4 is 4.90 Å². The Balaban J connectivity index is 1.44. The van der Waals surface area contributed by atoms with Crippen molar-refractivity contribution in [3.05, 3.63) is 64.2 Å². The second-order valence-electron chi connectivity index (χ2n) is 7.34. The summed E-state index contributed by atoms with van der Waals surface area (Å²) in [6, 6.07) is 7.43. The minimum absolute atomic E-state index is 0.0448. The first-order valence-electron chi connectivity index (χ1n) is 9.83. The van der Waals surface area contributed by atoms with Gasteiger partial charge >= 0.3 is 11.9 Å². The number of hydrogen-bond donors (Lipinski definition) is 0. The first kappa shape index (κ1) is 21.7. The number of halogens is 3. The molecule has 2 aromatic heterocycles. The zero-order valence-corrected chi connectivity index (χ0v) is 17.0. The Bertz CT molecular complexity index is 1110. The summed E-state index contributed by atoms with van der Waals surface area (Å²) in [4.78, 5) is 23.2. The Morgan fingerprint density at radius 2 is 1.91 bits per heavy atom. The Kier molecular flexibility index (Phi) is 5.78. The van der Waals surface area contributed by atoms with Crippen LogP contribution in [0.15, 0.2) is 47.1 Å². The zero-order chi connectivity index (χ0) is 22.9. The molecular formula is C20H19F3N6O3. The zero-order valence-electron chi connectivity index (χ0n) is 17.0. The standard InChI is InChI=1S/C20H19F3N6O3/c1-13(19-25-17(26-32-19)14-4-2-5-15(12-14)20(21,22)23)27-8-10-28(11-9-27)18-16(29(30)31)6-3-7-24-18/h2-7,12-13H,8-11H2,1H3/t13-/m1/s1. The van der Waals surface area contributed by atoms with E-state index < -0.39 is 16.7 Å². The van der Waals surface area contributed by atoms with Crippen molar-refractivity contribution in [2.75, 3.05) is 31.1 Å². The van der Waals surface area contributed by atoms with Gasteiger partial charge in [0.05, 0.1) is 16.5 Å². The van der Waals surface area contributed by atoms with Crippen LogP contribution in [0, 0.1) is 10.1 Å². The highest BCUT2D eigenvalue weighted by Crippen LogP contribution is 2.32. The summed E-state index contributed by atoms with van der Waals surface area (Å²) in [6.07, 6.45) is -2.94. The lowest BCUT2D eigenvalue weighted by Gasteiger charge is -2.37. The molecule has 32 heavy (non-hydrogen) atoms. The summed E-state index contributed by atoms with van der Waals surface area (Å²) in [5.41, 5.74) is -0.611. The van der Waals surface area contributed by atoms with Crippen LogP contribution in [0.25, 0.3) is 11.4 Å². The molecule has 168 valence electrons. The highest BCUT2D eigenvalue weighted by Gasteiger charge is 2.32. The maximum Gasteiger partial charge on any atom is 0.416 e. The van der Waals surface area contributed by atoms with Gasteiger partial charge in [-0.1, -0.05) is 17.3 Å². The van der Waals surface area contributed by atoms with Gasteiger partial charge in [0.2, 0.25) is 17.5 Å². The molecule has 0 aliphatic carbocycles. The lowest BCUT2D eigenvalue weighted by molar-refractivity contribution is -0.384.